The van der Waals surface area contributed by atoms with Crippen LogP contribution in [0.15, 0.2) is 30.3 Å². The quantitative estimate of drug-likeness (QED) is 0.809. The number of aromatic nitrogens is 2. The van der Waals surface area contributed by atoms with E-state index in [1.165, 1.54) is 24.0 Å². The van der Waals surface area contributed by atoms with Crippen LogP contribution in [0.2, 0.25) is 0 Å². The summed E-state index contributed by atoms with van der Waals surface area (Å²) in [7, 11) is 0. The van der Waals surface area contributed by atoms with Gasteiger partial charge in [0.25, 0.3) is 0 Å². The largest absolute Gasteiger partial charge is 0.368 e. The minimum atomic E-state index is 0.203. The second-order valence-electron chi connectivity index (χ2n) is 7.46. The van der Waals surface area contributed by atoms with Crippen molar-refractivity contribution < 1.29 is 0 Å². The first-order valence-electron chi connectivity index (χ1n) is 8.95. The molecule has 2 fully saturated rings. The molecule has 2 unspecified atom stereocenters. The second kappa shape index (κ2) is 5.18. The molecule has 0 radical (unpaired) electrons. The van der Waals surface area contributed by atoms with Crippen LogP contribution in [0, 0.1) is 5.92 Å². The lowest BCUT2D eigenvalue weighted by Crippen LogP contribution is -2.31. The van der Waals surface area contributed by atoms with Crippen molar-refractivity contribution in [3.63, 3.8) is 0 Å². The number of hydrogen-bond donors (Lipinski definition) is 3. The summed E-state index contributed by atoms with van der Waals surface area (Å²) in [6.45, 7) is 2.14. The standard InChI is InChI=1S/C19H23N5/c20-18-22-16-14(12-5-2-1-3-6-12)7-4-8-15(16)17(23-18)24-19-9-13(19)10-21-11-19/h1-3,5-6,13-14,21H,4,7-11H2,(H3,20,22,23,24)/t13?,14?,19-/m0/s1. The summed E-state index contributed by atoms with van der Waals surface area (Å²) in [5, 5.41) is 7.21. The Bertz CT molecular complexity index is 775. The molecule has 3 aliphatic rings. The van der Waals surface area contributed by atoms with Crippen molar-refractivity contribution in [1.29, 1.82) is 0 Å². The highest BCUT2D eigenvalue weighted by Gasteiger charge is 2.57. The number of piperidine rings is 1. The van der Waals surface area contributed by atoms with Crippen LogP contribution < -0.4 is 16.4 Å². The van der Waals surface area contributed by atoms with Crippen LogP contribution in [-0.4, -0.2) is 28.6 Å². The van der Waals surface area contributed by atoms with Gasteiger partial charge in [-0.1, -0.05) is 30.3 Å². The van der Waals surface area contributed by atoms with E-state index in [0.29, 0.717) is 11.9 Å². The first-order valence-corrected chi connectivity index (χ1v) is 8.95. The number of nitrogens with zero attached hydrogens (tertiary/aromatic N) is 2. The van der Waals surface area contributed by atoms with Gasteiger partial charge in [0.05, 0.1) is 11.2 Å². The van der Waals surface area contributed by atoms with Gasteiger partial charge in [0, 0.05) is 24.6 Å². The maximum absolute atomic E-state index is 6.08. The maximum Gasteiger partial charge on any atom is 0.222 e. The number of nitrogen functional groups attached to an aromatic ring is 1. The number of anilines is 2. The van der Waals surface area contributed by atoms with Gasteiger partial charge in [0.2, 0.25) is 5.95 Å². The van der Waals surface area contributed by atoms with Crippen LogP contribution in [-0.2, 0) is 6.42 Å². The van der Waals surface area contributed by atoms with E-state index in [0.717, 1.165) is 43.4 Å². The smallest absolute Gasteiger partial charge is 0.222 e. The molecule has 4 N–H and O–H groups in total. The van der Waals surface area contributed by atoms with Crippen LogP contribution in [0.3, 0.4) is 0 Å². The number of rotatable bonds is 3. The Morgan fingerprint density at radius 3 is 2.83 bits per heavy atom. The molecule has 1 saturated carbocycles. The molecular weight excluding hydrogens is 298 g/mol. The molecule has 3 atom stereocenters. The van der Waals surface area contributed by atoms with Crippen LogP contribution in [0.1, 0.15) is 42.0 Å². The first kappa shape index (κ1) is 14.2. The summed E-state index contributed by atoms with van der Waals surface area (Å²) in [4.78, 5) is 9.23. The van der Waals surface area contributed by atoms with Gasteiger partial charge in [-0.05, 0) is 37.2 Å². The first-order chi connectivity index (χ1) is 11.8. The van der Waals surface area contributed by atoms with Crippen molar-refractivity contribution >= 4 is 11.8 Å². The number of nitrogens with one attached hydrogen (secondary N) is 2. The van der Waals surface area contributed by atoms with Gasteiger partial charge >= 0.3 is 0 Å². The molecule has 124 valence electrons. The van der Waals surface area contributed by atoms with Crippen molar-refractivity contribution in [1.82, 2.24) is 15.3 Å². The third-order valence-electron chi connectivity index (χ3n) is 5.94. The molecule has 1 aromatic carbocycles. The van der Waals surface area contributed by atoms with E-state index in [-0.39, 0.29) is 5.54 Å². The average Bonchev–Trinajstić information content (AvgIpc) is 3.14. The molecule has 5 heteroatoms. The molecule has 1 aliphatic heterocycles. The molecule has 2 heterocycles. The highest BCUT2D eigenvalue weighted by Crippen LogP contribution is 2.49. The summed E-state index contributed by atoms with van der Waals surface area (Å²) in [6.07, 6.45) is 4.57. The highest BCUT2D eigenvalue weighted by atomic mass is 15.2. The number of nitrogens with two attached hydrogens (primary N) is 1. The van der Waals surface area contributed by atoms with Crippen molar-refractivity contribution in [3.05, 3.63) is 47.2 Å². The lowest BCUT2D eigenvalue weighted by molar-refractivity contribution is 0.594. The highest BCUT2D eigenvalue weighted by molar-refractivity contribution is 5.56. The summed E-state index contributed by atoms with van der Waals surface area (Å²) < 4.78 is 0. The lowest BCUT2D eigenvalue weighted by Gasteiger charge is -2.28. The zero-order valence-corrected chi connectivity index (χ0v) is 13.8. The lowest BCUT2D eigenvalue weighted by atomic mass is 9.82. The van der Waals surface area contributed by atoms with E-state index in [1.54, 1.807) is 0 Å². The molecule has 2 aromatic rings. The van der Waals surface area contributed by atoms with Crippen molar-refractivity contribution in [2.24, 2.45) is 5.92 Å². The molecular formula is C19H23N5. The van der Waals surface area contributed by atoms with E-state index < -0.39 is 0 Å². The van der Waals surface area contributed by atoms with Crippen molar-refractivity contribution in [3.8, 4) is 0 Å². The summed E-state index contributed by atoms with van der Waals surface area (Å²) in [5.41, 5.74) is 10.0. The van der Waals surface area contributed by atoms with E-state index in [2.05, 4.69) is 50.9 Å². The Labute approximate surface area is 142 Å². The monoisotopic (exact) mass is 321 g/mol. The topological polar surface area (TPSA) is 75.9 Å². The zero-order chi connectivity index (χ0) is 16.1. The summed E-state index contributed by atoms with van der Waals surface area (Å²) in [6, 6.07) is 10.7. The Balaban J connectivity index is 1.55. The fourth-order valence-corrected chi connectivity index (χ4v) is 4.55. The maximum atomic E-state index is 6.08. The van der Waals surface area contributed by atoms with Gasteiger partial charge in [-0.15, -0.1) is 0 Å². The predicted octanol–water partition coefficient (Wildman–Crippen LogP) is 2.30. The minimum Gasteiger partial charge on any atom is -0.368 e. The molecule has 24 heavy (non-hydrogen) atoms. The van der Waals surface area contributed by atoms with Crippen LogP contribution in [0.25, 0.3) is 0 Å². The fraction of sp³-hybridized carbons (Fsp3) is 0.474. The van der Waals surface area contributed by atoms with Crippen LogP contribution >= 0.6 is 0 Å². The van der Waals surface area contributed by atoms with E-state index >= 15 is 0 Å². The summed E-state index contributed by atoms with van der Waals surface area (Å²) >= 11 is 0. The normalized spacial score (nSPS) is 30.5. The Morgan fingerprint density at radius 1 is 1.21 bits per heavy atom. The SMILES string of the molecule is Nc1nc(N[C@@]23CNCC2C3)c2c(n1)C(c1ccccc1)CCC2. The van der Waals surface area contributed by atoms with Crippen molar-refractivity contribution in [2.75, 3.05) is 24.1 Å². The van der Waals surface area contributed by atoms with Crippen LogP contribution in [0.5, 0.6) is 0 Å². The van der Waals surface area contributed by atoms with Gasteiger partial charge in [-0.2, -0.15) is 4.98 Å². The Hall–Kier alpha value is -2.14. The molecule has 0 amide bonds. The molecule has 1 aromatic heterocycles. The van der Waals surface area contributed by atoms with Crippen molar-refractivity contribution in [2.45, 2.75) is 37.1 Å². The fourth-order valence-electron chi connectivity index (χ4n) is 4.55. The Kier molecular flexibility index (Phi) is 3.07. The van der Waals surface area contributed by atoms with Gasteiger partial charge in [0.15, 0.2) is 0 Å². The molecule has 1 saturated heterocycles. The zero-order valence-electron chi connectivity index (χ0n) is 13.8. The van der Waals surface area contributed by atoms with Gasteiger partial charge < -0.3 is 16.4 Å². The number of hydrogen-bond acceptors (Lipinski definition) is 5. The molecule has 0 bridgehead atoms. The average molecular weight is 321 g/mol. The molecule has 0 spiro atoms. The van der Waals surface area contributed by atoms with E-state index in [1.807, 2.05) is 0 Å². The van der Waals surface area contributed by atoms with Gasteiger partial charge in [0.1, 0.15) is 5.82 Å². The number of benzene rings is 1. The second-order valence-corrected chi connectivity index (χ2v) is 7.46. The number of fused-ring (bicyclic) bond motifs is 2. The summed E-state index contributed by atoms with van der Waals surface area (Å²) in [5.74, 6) is 2.43. The Morgan fingerprint density at radius 2 is 2.08 bits per heavy atom. The molecule has 5 nitrogen and oxygen atoms in total. The van der Waals surface area contributed by atoms with E-state index in [9.17, 15) is 0 Å². The van der Waals surface area contributed by atoms with Gasteiger partial charge in [-0.3, -0.25) is 0 Å². The third-order valence-corrected chi connectivity index (χ3v) is 5.94. The molecule has 2 aliphatic carbocycles. The third kappa shape index (κ3) is 2.18. The molecule has 5 rings (SSSR count). The van der Waals surface area contributed by atoms with E-state index in [4.69, 9.17) is 5.73 Å². The van der Waals surface area contributed by atoms with Crippen LogP contribution in [0.4, 0.5) is 11.8 Å². The van der Waals surface area contributed by atoms with Gasteiger partial charge in [-0.25, -0.2) is 4.98 Å². The minimum absolute atomic E-state index is 0.203. The predicted molar refractivity (Wildman–Crippen MR) is 95.0 cm³/mol.